The third kappa shape index (κ3) is 7.30. The summed E-state index contributed by atoms with van der Waals surface area (Å²) < 4.78 is 14.5. The highest BCUT2D eigenvalue weighted by atomic mass is 127. The first kappa shape index (κ1) is 26.1. The van der Waals surface area contributed by atoms with Gasteiger partial charge in [-0.05, 0) is 141 Å². The van der Waals surface area contributed by atoms with Crippen LogP contribution in [0, 0.1) is 7.14 Å². The van der Waals surface area contributed by atoms with E-state index in [9.17, 15) is 0 Å². The van der Waals surface area contributed by atoms with Crippen LogP contribution in [0.3, 0.4) is 0 Å². The second kappa shape index (κ2) is 12.8. The van der Waals surface area contributed by atoms with Gasteiger partial charge in [0.2, 0.25) is 0 Å². The fourth-order valence-corrected chi connectivity index (χ4v) is 6.58. The molecule has 5 rings (SSSR count). The Kier molecular flexibility index (Phi) is 9.07. The Labute approximate surface area is 248 Å². The normalized spacial score (nSPS) is 10.9. The maximum Gasteiger partial charge on any atom is 0.166 e. The van der Waals surface area contributed by atoms with E-state index in [-0.39, 0.29) is 10.9 Å². The van der Waals surface area contributed by atoms with Crippen LogP contribution in [0.1, 0.15) is 11.1 Å². The van der Waals surface area contributed by atoms with Crippen LogP contribution < -0.4 is 9.47 Å². The molecular formula is C32H25I2O2S+. The first-order valence-corrected chi connectivity index (χ1v) is 15.3. The number of hydrogen-bond acceptors (Lipinski definition) is 2. The van der Waals surface area contributed by atoms with Crippen molar-refractivity contribution in [3.63, 3.8) is 0 Å². The summed E-state index contributed by atoms with van der Waals surface area (Å²) in [4.78, 5) is 3.78. The molecule has 0 bridgehead atoms. The summed E-state index contributed by atoms with van der Waals surface area (Å²) >= 11 is 4.63. The minimum absolute atomic E-state index is 0.229. The topological polar surface area (TPSA) is 18.5 Å². The Balaban J connectivity index is 1.31. The van der Waals surface area contributed by atoms with E-state index in [4.69, 9.17) is 9.47 Å². The van der Waals surface area contributed by atoms with Crippen molar-refractivity contribution in [3.8, 4) is 11.5 Å². The summed E-state index contributed by atoms with van der Waals surface area (Å²) in [7, 11) is -0.229. The van der Waals surface area contributed by atoms with Gasteiger partial charge in [-0.25, -0.2) is 0 Å². The highest BCUT2D eigenvalue weighted by molar-refractivity contribution is 14.1. The molecule has 0 N–H and O–H groups in total. The van der Waals surface area contributed by atoms with Gasteiger partial charge in [-0.15, -0.1) is 0 Å². The predicted octanol–water partition coefficient (Wildman–Crippen LogP) is 9.15. The average molecular weight is 727 g/mol. The van der Waals surface area contributed by atoms with Crippen LogP contribution in [-0.4, -0.2) is 0 Å². The lowest BCUT2D eigenvalue weighted by Gasteiger charge is -2.11. The van der Waals surface area contributed by atoms with E-state index in [1.54, 1.807) is 0 Å². The van der Waals surface area contributed by atoms with Gasteiger partial charge >= 0.3 is 0 Å². The van der Waals surface area contributed by atoms with Crippen molar-refractivity contribution in [2.75, 3.05) is 0 Å². The van der Waals surface area contributed by atoms with Crippen LogP contribution in [0.15, 0.2) is 142 Å². The zero-order valence-electron chi connectivity index (χ0n) is 20.0. The Morgan fingerprint density at radius 1 is 0.432 bits per heavy atom. The number of benzene rings is 5. The molecule has 0 saturated heterocycles. The monoisotopic (exact) mass is 727 g/mol. The summed E-state index contributed by atoms with van der Waals surface area (Å²) in [6.45, 7) is 1.12. The van der Waals surface area contributed by atoms with Crippen molar-refractivity contribution >= 4 is 56.1 Å². The molecule has 0 aliphatic rings. The van der Waals surface area contributed by atoms with E-state index in [1.807, 2.05) is 0 Å². The van der Waals surface area contributed by atoms with Crippen molar-refractivity contribution in [3.05, 3.63) is 146 Å². The van der Waals surface area contributed by atoms with E-state index in [2.05, 4.69) is 173 Å². The second-order valence-corrected chi connectivity index (χ2v) is 12.9. The zero-order valence-corrected chi connectivity index (χ0v) is 25.2. The van der Waals surface area contributed by atoms with E-state index >= 15 is 0 Å². The molecule has 0 amide bonds. The van der Waals surface area contributed by atoms with Crippen molar-refractivity contribution in [1.82, 2.24) is 0 Å². The summed E-state index contributed by atoms with van der Waals surface area (Å²) in [6, 6.07) is 44.5. The quantitative estimate of drug-likeness (QED) is 0.111. The number of hydrogen-bond donors (Lipinski definition) is 0. The van der Waals surface area contributed by atoms with Crippen molar-refractivity contribution < 1.29 is 9.47 Å². The predicted molar refractivity (Wildman–Crippen MR) is 168 cm³/mol. The lowest BCUT2D eigenvalue weighted by Crippen LogP contribution is -2.05. The first-order chi connectivity index (χ1) is 18.1. The SMILES string of the molecule is Ic1ccc(COc2ccc([S+](c3ccccc3)c3ccc(OCc4ccc(I)cc4)cc3)cc2)cc1. The third-order valence-electron chi connectivity index (χ3n) is 5.74. The van der Waals surface area contributed by atoms with Crippen LogP contribution in [0.25, 0.3) is 0 Å². The molecule has 0 radical (unpaired) electrons. The fourth-order valence-electron chi connectivity index (χ4n) is 3.80. The van der Waals surface area contributed by atoms with Gasteiger partial charge in [0.05, 0.1) is 10.9 Å². The van der Waals surface area contributed by atoms with E-state index in [0.717, 1.165) is 22.6 Å². The molecule has 5 aromatic carbocycles. The smallest absolute Gasteiger partial charge is 0.166 e. The molecule has 0 aliphatic heterocycles. The Morgan fingerprint density at radius 3 is 1.22 bits per heavy atom. The molecule has 0 unspecified atom stereocenters. The number of rotatable bonds is 9. The molecule has 2 nitrogen and oxygen atoms in total. The summed E-state index contributed by atoms with van der Waals surface area (Å²) in [5.41, 5.74) is 2.33. The average Bonchev–Trinajstić information content (AvgIpc) is 2.95. The first-order valence-electron chi connectivity index (χ1n) is 11.9. The van der Waals surface area contributed by atoms with Gasteiger partial charge in [-0.1, -0.05) is 42.5 Å². The van der Waals surface area contributed by atoms with Crippen LogP contribution in [0.4, 0.5) is 0 Å². The molecular weight excluding hydrogens is 702 g/mol. The van der Waals surface area contributed by atoms with Gasteiger partial charge in [0.15, 0.2) is 14.7 Å². The van der Waals surface area contributed by atoms with Crippen LogP contribution in [-0.2, 0) is 24.1 Å². The lowest BCUT2D eigenvalue weighted by molar-refractivity contribution is 0.306. The van der Waals surface area contributed by atoms with E-state index in [0.29, 0.717) is 13.2 Å². The second-order valence-electron chi connectivity index (χ2n) is 8.39. The number of halogens is 2. The van der Waals surface area contributed by atoms with Gasteiger partial charge in [0, 0.05) is 7.14 Å². The zero-order chi connectivity index (χ0) is 25.5. The van der Waals surface area contributed by atoms with Gasteiger partial charge in [0.25, 0.3) is 0 Å². The molecule has 0 saturated carbocycles. The third-order valence-corrected chi connectivity index (χ3v) is 9.40. The maximum atomic E-state index is 6.05. The van der Waals surface area contributed by atoms with Gasteiger partial charge < -0.3 is 9.47 Å². The van der Waals surface area contributed by atoms with E-state index in [1.165, 1.54) is 21.8 Å². The van der Waals surface area contributed by atoms with Gasteiger partial charge in [-0.3, -0.25) is 0 Å². The molecule has 0 heterocycles. The molecule has 0 aromatic heterocycles. The minimum atomic E-state index is -0.229. The summed E-state index contributed by atoms with van der Waals surface area (Å²) in [5.74, 6) is 1.75. The maximum absolute atomic E-state index is 6.05. The lowest BCUT2D eigenvalue weighted by atomic mass is 10.2. The molecule has 5 aromatic rings. The largest absolute Gasteiger partial charge is 0.489 e. The minimum Gasteiger partial charge on any atom is -0.489 e. The van der Waals surface area contributed by atoms with Crippen LogP contribution in [0.2, 0.25) is 0 Å². The summed E-state index contributed by atoms with van der Waals surface area (Å²) in [6.07, 6.45) is 0. The standard InChI is InChI=1S/C32H25I2O2S/c33-26-10-6-24(7-11-26)22-35-28-14-18-31(19-15-28)37(30-4-2-1-3-5-30)32-20-16-29(17-21-32)36-23-25-8-12-27(34)13-9-25/h1-21H,22-23H2/q+1. The highest BCUT2D eigenvalue weighted by Gasteiger charge is 2.28. The van der Waals surface area contributed by atoms with Crippen molar-refractivity contribution in [2.45, 2.75) is 27.9 Å². The molecule has 0 atom stereocenters. The molecule has 0 aliphatic carbocycles. The molecule has 0 fully saturated rings. The molecule has 5 heteroatoms. The Hall–Kier alpha value is -2.49. The summed E-state index contributed by atoms with van der Waals surface area (Å²) in [5, 5.41) is 0. The highest BCUT2D eigenvalue weighted by Crippen LogP contribution is 2.33. The van der Waals surface area contributed by atoms with Crippen molar-refractivity contribution in [2.24, 2.45) is 0 Å². The molecule has 37 heavy (non-hydrogen) atoms. The van der Waals surface area contributed by atoms with Crippen molar-refractivity contribution in [1.29, 1.82) is 0 Å². The van der Waals surface area contributed by atoms with Gasteiger partial charge in [0.1, 0.15) is 24.7 Å². The van der Waals surface area contributed by atoms with E-state index < -0.39 is 0 Å². The fraction of sp³-hybridized carbons (Fsp3) is 0.0625. The number of ether oxygens (including phenoxy) is 2. The van der Waals surface area contributed by atoms with Gasteiger partial charge in [-0.2, -0.15) is 0 Å². The molecule has 184 valence electrons. The molecule has 0 spiro atoms. The van der Waals surface area contributed by atoms with Crippen LogP contribution in [0.5, 0.6) is 11.5 Å². The Morgan fingerprint density at radius 2 is 0.811 bits per heavy atom. The van der Waals surface area contributed by atoms with Crippen LogP contribution >= 0.6 is 45.2 Å². The Bertz CT molecular complexity index is 1310.